The molecule has 118 valence electrons. The fourth-order valence-electron chi connectivity index (χ4n) is 2.93. The minimum atomic E-state index is -0.417. The summed E-state index contributed by atoms with van der Waals surface area (Å²) in [5.41, 5.74) is 0.943. The Bertz CT molecular complexity index is 438. The molecule has 2 atom stereocenters. The van der Waals surface area contributed by atoms with Crippen LogP contribution in [0, 0.1) is 11.8 Å². The van der Waals surface area contributed by atoms with E-state index in [1.165, 1.54) is 0 Å². The standard InChI is InChI=1S/C18H28O3/c1-4-6-14(7-5-2)18(19)15-8-9-16-17(10-15)21-12-13(3)11-20-16/h8-10,13-14,18-19H,4-7,11-12H2,1-3H3. The Balaban J connectivity index is 2.16. The highest BCUT2D eigenvalue weighted by Gasteiger charge is 2.22. The highest BCUT2D eigenvalue weighted by atomic mass is 16.5. The Morgan fingerprint density at radius 1 is 1.10 bits per heavy atom. The van der Waals surface area contributed by atoms with Crippen molar-refractivity contribution in [3.8, 4) is 11.5 Å². The quantitative estimate of drug-likeness (QED) is 0.847. The minimum Gasteiger partial charge on any atom is -0.489 e. The van der Waals surface area contributed by atoms with Gasteiger partial charge in [0.05, 0.1) is 19.3 Å². The zero-order chi connectivity index (χ0) is 15.2. The molecule has 0 saturated heterocycles. The monoisotopic (exact) mass is 292 g/mol. The van der Waals surface area contributed by atoms with Gasteiger partial charge in [0.25, 0.3) is 0 Å². The topological polar surface area (TPSA) is 38.7 Å². The van der Waals surface area contributed by atoms with Gasteiger partial charge in [0.15, 0.2) is 11.5 Å². The van der Waals surface area contributed by atoms with E-state index >= 15 is 0 Å². The van der Waals surface area contributed by atoms with E-state index < -0.39 is 6.10 Å². The normalized spacial score (nSPS) is 19.4. The molecule has 1 aliphatic heterocycles. The van der Waals surface area contributed by atoms with Crippen LogP contribution in [0.4, 0.5) is 0 Å². The van der Waals surface area contributed by atoms with E-state index in [9.17, 15) is 5.11 Å². The van der Waals surface area contributed by atoms with Gasteiger partial charge in [-0.2, -0.15) is 0 Å². The Hall–Kier alpha value is -1.22. The van der Waals surface area contributed by atoms with Crippen molar-refractivity contribution in [1.29, 1.82) is 0 Å². The van der Waals surface area contributed by atoms with Gasteiger partial charge in [0, 0.05) is 5.92 Å². The first-order valence-electron chi connectivity index (χ1n) is 8.23. The number of aliphatic hydroxyl groups is 1. The van der Waals surface area contributed by atoms with Crippen molar-refractivity contribution in [2.24, 2.45) is 11.8 Å². The van der Waals surface area contributed by atoms with Gasteiger partial charge in [-0.3, -0.25) is 0 Å². The fraction of sp³-hybridized carbons (Fsp3) is 0.667. The van der Waals surface area contributed by atoms with E-state index in [0.717, 1.165) is 42.7 Å². The lowest BCUT2D eigenvalue weighted by atomic mass is 9.88. The van der Waals surface area contributed by atoms with Crippen molar-refractivity contribution < 1.29 is 14.6 Å². The van der Waals surface area contributed by atoms with Gasteiger partial charge in [-0.1, -0.05) is 39.7 Å². The molecule has 3 heteroatoms. The van der Waals surface area contributed by atoms with Crippen LogP contribution in [-0.4, -0.2) is 18.3 Å². The molecule has 1 aliphatic rings. The summed E-state index contributed by atoms with van der Waals surface area (Å²) in [6.07, 6.45) is 3.90. The Morgan fingerprint density at radius 2 is 1.71 bits per heavy atom. The molecule has 0 bridgehead atoms. The molecule has 0 saturated carbocycles. The van der Waals surface area contributed by atoms with Crippen LogP contribution >= 0.6 is 0 Å². The van der Waals surface area contributed by atoms with Crippen LogP contribution in [0.25, 0.3) is 0 Å². The van der Waals surface area contributed by atoms with Crippen molar-refractivity contribution in [3.05, 3.63) is 23.8 Å². The van der Waals surface area contributed by atoms with Crippen LogP contribution in [0.2, 0.25) is 0 Å². The number of hydrogen-bond acceptors (Lipinski definition) is 3. The van der Waals surface area contributed by atoms with Gasteiger partial charge in [-0.25, -0.2) is 0 Å². The summed E-state index contributed by atoms with van der Waals surface area (Å²) in [5, 5.41) is 10.7. The molecule has 2 unspecified atom stereocenters. The number of ether oxygens (including phenoxy) is 2. The molecular formula is C18H28O3. The molecule has 0 amide bonds. The molecule has 0 aromatic heterocycles. The van der Waals surface area contributed by atoms with Crippen molar-refractivity contribution in [2.75, 3.05) is 13.2 Å². The SMILES string of the molecule is CCCC(CCC)C(O)c1ccc2c(c1)OCC(C)CO2. The summed E-state index contributed by atoms with van der Waals surface area (Å²) in [5.74, 6) is 2.27. The molecule has 1 aromatic carbocycles. The first kappa shape index (κ1) is 16.2. The molecule has 2 rings (SSSR count). The fourth-order valence-corrected chi connectivity index (χ4v) is 2.93. The first-order chi connectivity index (χ1) is 10.2. The molecule has 0 aliphatic carbocycles. The lowest BCUT2D eigenvalue weighted by Crippen LogP contribution is -2.13. The second-order valence-corrected chi connectivity index (χ2v) is 6.22. The smallest absolute Gasteiger partial charge is 0.161 e. The van der Waals surface area contributed by atoms with Gasteiger partial charge in [-0.05, 0) is 36.5 Å². The zero-order valence-electron chi connectivity index (χ0n) is 13.5. The van der Waals surface area contributed by atoms with E-state index in [2.05, 4.69) is 20.8 Å². The van der Waals surface area contributed by atoms with Crippen LogP contribution in [0.1, 0.15) is 58.1 Å². The summed E-state index contributed by atoms with van der Waals surface area (Å²) in [7, 11) is 0. The predicted molar refractivity (Wildman–Crippen MR) is 84.9 cm³/mol. The molecule has 1 aromatic rings. The second kappa shape index (κ2) is 7.69. The molecule has 0 fully saturated rings. The molecule has 0 spiro atoms. The van der Waals surface area contributed by atoms with Crippen LogP contribution in [0.3, 0.4) is 0 Å². The summed E-state index contributed by atoms with van der Waals surface area (Å²) >= 11 is 0. The van der Waals surface area contributed by atoms with E-state index in [0.29, 0.717) is 25.0 Å². The van der Waals surface area contributed by atoms with Crippen LogP contribution < -0.4 is 9.47 Å². The maximum Gasteiger partial charge on any atom is 0.161 e. The minimum absolute atomic E-state index is 0.323. The van der Waals surface area contributed by atoms with Gasteiger partial charge in [0.1, 0.15) is 0 Å². The molecule has 1 N–H and O–H groups in total. The molecule has 0 radical (unpaired) electrons. The van der Waals surface area contributed by atoms with Gasteiger partial charge < -0.3 is 14.6 Å². The average molecular weight is 292 g/mol. The van der Waals surface area contributed by atoms with Crippen LogP contribution in [-0.2, 0) is 0 Å². The second-order valence-electron chi connectivity index (χ2n) is 6.22. The largest absolute Gasteiger partial charge is 0.489 e. The number of rotatable bonds is 6. The van der Waals surface area contributed by atoms with Gasteiger partial charge in [0.2, 0.25) is 0 Å². The molecule has 1 heterocycles. The van der Waals surface area contributed by atoms with Crippen molar-refractivity contribution in [3.63, 3.8) is 0 Å². The van der Waals surface area contributed by atoms with E-state index in [-0.39, 0.29) is 0 Å². The Morgan fingerprint density at radius 3 is 2.33 bits per heavy atom. The van der Waals surface area contributed by atoms with Gasteiger partial charge in [-0.15, -0.1) is 0 Å². The lowest BCUT2D eigenvalue weighted by Gasteiger charge is -2.23. The summed E-state index contributed by atoms with van der Waals surface area (Å²) in [6, 6.07) is 5.86. The maximum absolute atomic E-state index is 10.7. The maximum atomic E-state index is 10.7. The summed E-state index contributed by atoms with van der Waals surface area (Å²) in [4.78, 5) is 0. The van der Waals surface area contributed by atoms with Crippen molar-refractivity contribution >= 4 is 0 Å². The number of benzene rings is 1. The highest BCUT2D eigenvalue weighted by Crippen LogP contribution is 2.36. The van der Waals surface area contributed by atoms with Crippen LogP contribution in [0.5, 0.6) is 11.5 Å². The van der Waals surface area contributed by atoms with Gasteiger partial charge >= 0.3 is 0 Å². The predicted octanol–water partition coefficient (Wildman–Crippen LogP) is 4.34. The van der Waals surface area contributed by atoms with E-state index in [1.54, 1.807) is 0 Å². The molecule has 3 nitrogen and oxygen atoms in total. The number of fused-ring (bicyclic) bond motifs is 1. The summed E-state index contributed by atoms with van der Waals surface area (Å²) < 4.78 is 11.6. The summed E-state index contributed by atoms with van der Waals surface area (Å²) in [6.45, 7) is 7.80. The Labute approximate surface area is 128 Å². The Kier molecular flexibility index (Phi) is 5.92. The zero-order valence-corrected chi connectivity index (χ0v) is 13.5. The third kappa shape index (κ3) is 4.13. The third-order valence-electron chi connectivity index (χ3n) is 4.12. The van der Waals surface area contributed by atoms with Crippen LogP contribution in [0.15, 0.2) is 18.2 Å². The van der Waals surface area contributed by atoms with Crippen molar-refractivity contribution in [1.82, 2.24) is 0 Å². The molecular weight excluding hydrogens is 264 g/mol. The molecule has 21 heavy (non-hydrogen) atoms. The number of hydrogen-bond donors (Lipinski definition) is 1. The number of aliphatic hydroxyl groups excluding tert-OH is 1. The lowest BCUT2D eigenvalue weighted by molar-refractivity contribution is 0.0961. The average Bonchev–Trinajstić information content (AvgIpc) is 2.68. The van der Waals surface area contributed by atoms with E-state index in [4.69, 9.17) is 9.47 Å². The van der Waals surface area contributed by atoms with E-state index in [1.807, 2.05) is 18.2 Å². The van der Waals surface area contributed by atoms with Crippen molar-refractivity contribution in [2.45, 2.75) is 52.6 Å². The first-order valence-corrected chi connectivity index (χ1v) is 8.23. The third-order valence-corrected chi connectivity index (χ3v) is 4.12. The highest BCUT2D eigenvalue weighted by molar-refractivity contribution is 5.44.